The van der Waals surface area contributed by atoms with Gasteiger partial charge in [-0.1, -0.05) is 0 Å². The lowest BCUT2D eigenvalue weighted by atomic mass is 10.3. The molecule has 6 heteroatoms. The Balaban J connectivity index is 0.00000144. The van der Waals surface area contributed by atoms with Crippen LogP contribution in [0.1, 0.15) is 0 Å². The second-order valence-corrected chi connectivity index (χ2v) is 2.96. The summed E-state index contributed by atoms with van der Waals surface area (Å²) in [6, 6.07) is -0.317. The molecular weight excluding hydrogens is 192 g/mol. The number of rotatable bonds is 2. The Labute approximate surface area is 84.4 Å². The van der Waals surface area contributed by atoms with E-state index < -0.39 is 0 Å². The second kappa shape index (κ2) is 6.01. The monoisotopic (exact) mass is 208 g/mol. The molecule has 0 spiro atoms. The maximum Gasteiger partial charge on any atom is 0.314 e. The van der Waals surface area contributed by atoms with Crippen molar-refractivity contribution in [3.63, 3.8) is 0 Å². The number of hydrogen-bond acceptors (Lipinski definition) is 3. The van der Waals surface area contributed by atoms with Crippen molar-refractivity contribution in [1.82, 2.24) is 9.80 Å². The zero-order chi connectivity index (χ0) is 8.97. The third-order valence-corrected chi connectivity index (χ3v) is 2.13. The number of nitrogens with zero attached hydrogens (tertiary/aromatic N) is 2. The summed E-state index contributed by atoms with van der Waals surface area (Å²) in [7, 11) is 0. The number of urea groups is 1. The fourth-order valence-corrected chi connectivity index (χ4v) is 1.37. The minimum Gasteiger partial charge on any atom is -0.351 e. The number of carbonyl (C=O) groups is 1. The fourth-order valence-electron chi connectivity index (χ4n) is 1.37. The van der Waals surface area contributed by atoms with E-state index in [4.69, 9.17) is 11.5 Å². The van der Waals surface area contributed by atoms with Crippen molar-refractivity contribution in [3.05, 3.63) is 0 Å². The molecule has 1 aliphatic heterocycles. The summed E-state index contributed by atoms with van der Waals surface area (Å²) >= 11 is 0. The Morgan fingerprint density at radius 3 is 2.15 bits per heavy atom. The number of piperazine rings is 1. The first-order chi connectivity index (χ1) is 5.74. The number of nitrogens with two attached hydrogens (primary N) is 2. The van der Waals surface area contributed by atoms with Crippen molar-refractivity contribution >= 4 is 18.4 Å². The van der Waals surface area contributed by atoms with Crippen LogP contribution in [0.3, 0.4) is 0 Å². The number of carbonyl (C=O) groups excluding carboxylic acids is 1. The zero-order valence-corrected chi connectivity index (χ0v) is 8.42. The molecule has 0 aromatic heterocycles. The summed E-state index contributed by atoms with van der Waals surface area (Å²) in [6.45, 7) is 4.83. The molecule has 0 atom stereocenters. The smallest absolute Gasteiger partial charge is 0.314 e. The van der Waals surface area contributed by atoms with E-state index in [0.29, 0.717) is 6.54 Å². The van der Waals surface area contributed by atoms with Gasteiger partial charge >= 0.3 is 6.03 Å². The van der Waals surface area contributed by atoms with E-state index in [1.165, 1.54) is 0 Å². The number of hydrogen-bond donors (Lipinski definition) is 2. The van der Waals surface area contributed by atoms with E-state index >= 15 is 0 Å². The van der Waals surface area contributed by atoms with Gasteiger partial charge in [0, 0.05) is 39.3 Å². The number of amides is 2. The van der Waals surface area contributed by atoms with Gasteiger partial charge in [-0.15, -0.1) is 12.4 Å². The zero-order valence-electron chi connectivity index (χ0n) is 7.61. The van der Waals surface area contributed by atoms with Gasteiger partial charge in [-0.3, -0.25) is 4.90 Å². The van der Waals surface area contributed by atoms with E-state index in [1.807, 2.05) is 0 Å². The van der Waals surface area contributed by atoms with E-state index in [2.05, 4.69) is 4.90 Å². The lowest BCUT2D eigenvalue weighted by Crippen LogP contribution is -2.51. The van der Waals surface area contributed by atoms with Crippen molar-refractivity contribution in [2.45, 2.75) is 0 Å². The number of halogens is 1. The summed E-state index contributed by atoms with van der Waals surface area (Å²) in [6.07, 6.45) is 0. The molecule has 5 nitrogen and oxygen atoms in total. The van der Waals surface area contributed by atoms with E-state index in [0.717, 1.165) is 32.7 Å². The Kier molecular flexibility index (Phi) is 5.77. The lowest BCUT2D eigenvalue weighted by Gasteiger charge is -2.33. The summed E-state index contributed by atoms with van der Waals surface area (Å²) in [5, 5.41) is 0. The van der Waals surface area contributed by atoms with Crippen LogP contribution in [0.25, 0.3) is 0 Å². The first kappa shape index (κ1) is 12.5. The molecule has 78 valence electrons. The average Bonchev–Trinajstić information content (AvgIpc) is 2.06. The molecule has 0 radical (unpaired) electrons. The molecule has 0 bridgehead atoms. The van der Waals surface area contributed by atoms with Gasteiger partial charge in [0.15, 0.2) is 0 Å². The molecule has 1 aliphatic rings. The highest BCUT2D eigenvalue weighted by Crippen LogP contribution is 1.99. The largest absolute Gasteiger partial charge is 0.351 e. The van der Waals surface area contributed by atoms with Gasteiger partial charge in [-0.05, 0) is 0 Å². The normalized spacial score (nSPS) is 18.1. The van der Waals surface area contributed by atoms with Crippen molar-refractivity contribution < 1.29 is 4.79 Å². The summed E-state index contributed by atoms with van der Waals surface area (Å²) in [5.41, 5.74) is 10.5. The highest BCUT2D eigenvalue weighted by Gasteiger charge is 2.17. The third kappa shape index (κ3) is 3.80. The van der Waals surface area contributed by atoms with Crippen LogP contribution in [0.4, 0.5) is 4.79 Å². The first-order valence-corrected chi connectivity index (χ1v) is 4.21. The molecule has 13 heavy (non-hydrogen) atoms. The summed E-state index contributed by atoms with van der Waals surface area (Å²) < 4.78 is 0. The molecule has 0 unspecified atom stereocenters. The van der Waals surface area contributed by atoms with Gasteiger partial charge in [-0.2, -0.15) is 0 Å². The number of primary amides is 1. The molecule has 0 aromatic carbocycles. The molecule has 2 amide bonds. The van der Waals surface area contributed by atoms with Crippen molar-refractivity contribution in [3.8, 4) is 0 Å². The quantitative estimate of drug-likeness (QED) is 0.615. The molecule has 0 aliphatic carbocycles. The van der Waals surface area contributed by atoms with Crippen molar-refractivity contribution in [1.29, 1.82) is 0 Å². The SMILES string of the molecule is Cl.NCCN1CCN(C(N)=O)CC1. The summed E-state index contributed by atoms with van der Waals surface area (Å²) in [4.78, 5) is 14.6. The third-order valence-electron chi connectivity index (χ3n) is 2.13. The minimum atomic E-state index is -0.317. The van der Waals surface area contributed by atoms with Crippen molar-refractivity contribution in [2.75, 3.05) is 39.3 Å². The highest BCUT2D eigenvalue weighted by atomic mass is 35.5. The van der Waals surface area contributed by atoms with Crippen molar-refractivity contribution in [2.24, 2.45) is 11.5 Å². The standard InChI is InChI=1S/C7H16N4O.ClH/c8-1-2-10-3-5-11(6-4-10)7(9)12;/h1-6,8H2,(H2,9,12);1H. The first-order valence-electron chi connectivity index (χ1n) is 4.21. The van der Waals surface area contributed by atoms with E-state index in [1.54, 1.807) is 4.90 Å². The maximum absolute atomic E-state index is 10.7. The fraction of sp³-hybridized carbons (Fsp3) is 0.857. The van der Waals surface area contributed by atoms with Gasteiger partial charge in [0.1, 0.15) is 0 Å². The topological polar surface area (TPSA) is 75.6 Å². The van der Waals surface area contributed by atoms with E-state index in [-0.39, 0.29) is 18.4 Å². The molecule has 4 N–H and O–H groups in total. The Bertz CT molecular complexity index is 159. The van der Waals surface area contributed by atoms with Gasteiger partial charge in [-0.25, -0.2) is 4.79 Å². The molecular formula is C7H17ClN4O. The van der Waals surface area contributed by atoms with Gasteiger partial charge in [0.05, 0.1) is 0 Å². The van der Waals surface area contributed by atoms with Crippen LogP contribution in [0, 0.1) is 0 Å². The van der Waals surface area contributed by atoms with Crippen LogP contribution in [0.15, 0.2) is 0 Å². The van der Waals surface area contributed by atoms with Crippen LogP contribution in [0.2, 0.25) is 0 Å². The van der Waals surface area contributed by atoms with Gasteiger partial charge < -0.3 is 16.4 Å². The van der Waals surface area contributed by atoms with Crippen LogP contribution >= 0.6 is 12.4 Å². The minimum absolute atomic E-state index is 0. The Morgan fingerprint density at radius 1 is 1.23 bits per heavy atom. The molecule has 1 saturated heterocycles. The second-order valence-electron chi connectivity index (χ2n) is 2.96. The predicted molar refractivity (Wildman–Crippen MR) is 53.9 cm³/mol. The lowest BCUT2D eigenvalue weighted by molar-refractivity contribution is 0.147. The van der Waals surface area contributed by atoms with E-state index in [9.17, 15) is 4.79 Å². The molecule has 1 rings (SSSR count). The molecule has 1 fully saturated rings. The summed E-state index contributed by atoms with van der Waals surface area (Å²) in [5.74, 6) is 0. The van der Waals surface area contributed by atoms with Crippen LogP contribution in [-0.4, -0.2) is 55.1 Å². The Hall–Kier alpha value is -0.520. The molecule has 1 heterocycles. The predicted octanol–water partition coefficient (Wildman–Crippen LogP) is -0.937. The highest BCUT2D eigenvalue weighted by molar-refractivity contribution is 5.85. The average molecular weight is 209 g/mol. The van der Waals surface area contributed by atoms with Crippen LogP contribution in [0.5, 0.6) is 0 Å². The Morgan fingerprint density at radius 2 is 1.77 bits per heavy atom. The van der Waals surface area contributed by atoms with Gasteiger partial charge in [0.2, 0.25) is 0 Å². The van der Waals surface area contributed by atoms with Crippen LogP contribution < -0.4 is 11.5 Å². The molecule has 0 aromatic rings. The molecule has 0 saturated carbocycles. The van der Waals surface area contributed by atoms with Crippen LogP contribution in [-0.2, 0) is 0 Å². The maximum atomic E-state index is 10.7. The van der Waals surface area contributed by atoms with Gasteiger partial charge in [0.25, 0.3) is 0 Å².